The number of hydrogen-bond acceptors (Lipinski definition) is 4. The van der Waals surface area contributed by atoms with Crippen LogP contribution in [0.3, 0.4) is 0 Å². The van der Waals surface area contributed by atoms with E-state index in [1.54, 1.807) is 0 Å². The maximum Gasteiger partial charge on any atom is 0.315 e. The minimum Gasteiger partial charge on any atom is -0.338 e. The predicted molar refractivity (Wildman–Crippen MR) is 199 cm³/mol. The van der Waals surface area contributed by atoms with Crippen molar-refractivity contribution in [3.05, 3.63) is 144 Å². The van der Waals surface area contributed by atoms with Crippen molar-refractivity contribution < 1.29 is 9.59 Å². The van der Waals surface area contributed by atoms with E-state index in [1.165, 1.54) is 0 Å². The first-order chi connectivity index (χ1) is 23.2. The lowest BCUT2D eigenvalue weighted by Crippen LogP contribution is -2.39. The summed E-state index contributed by atoms with van der Waals surface area (Å²) in [6, 6.07) is 39.4. The zero-order valence-corrected chi connectivity index (χ0v) is 28.5. The average Bonchev–Trinajstić information content (AvgIpc) is 3.12. The monoisotopic (exact) mass is 670 g/mol. The molecular weight excluding hydrogens is 620 g/mol. The molecule has 0 bridgehead atoms. The number of carbonyl (C=O) groups excluding carboxylic acids is 2. The number of hydrogen-bond donors (Lipinski definition) is 6. The number of halogens is 1. The van der Waals surface area contributed by atoms with Gasteiger partial charge >= 0.3 is 12.1 Å². The summed E-state index contributed by atoms with van der Waals surface area (Å²) >= 11 is 0. The van der Waals surface area contributed by atoms with Crippen molar-refractivity contribution >= 4 is 24.5 Å². The van der Waals surface area contributed by atoms with Gasteiger partial charge in [-0.15, -0.1) is 12.4 Å². The fourth-order valence-corrected chi connectivity index (χ4v) is 5.42. The molecule has 256 valence electrons. The molecule has 9 heteroatoms. The van der Waals surface area contributed by atoms with Crippen molar-refractivity contribution in [3.8, 4) is 0 Å². The zero-order chi connectivity index (χ0) is 32.8. The molecule has 0 fully saturated rings. The second-order valence-electron chi connectivity index (χ2n) is 11.6. The van der Waals surface area contributed by atoms with E-state index >= 15 is 0 Å². The van der Waals surface area contributed by atoms with Gasteiger partial charge in [-0.25, -0.2) is 9.59 Å². The summed E-state index contributed by atoms with van der Waals surface area (Å²) in [5.41, 5.74) is 4.22. The number of benzene rings is 4. The van der Waals surface area contributed by atoms with Crippen LogP contribution < -0.4 is 31.9 Å². The molecule has 0 unspecified atom stereocenters. The van der Waals surface area contributed by atoms with Crippen LogP contribution in [0.5, 0.6) is 0 Å². The van der Waals surface area contributed by atoms with Gasteiger partial charge in [0.15, 0.2) is 0 Å². The Hall–Kier alpha value is -4.37. The number of nitrogens with one attached hydrogen (secondary N) is 6. The summed E-state index contributed by atoms with van der Waals surface area (Å²) in [7, 11) is 0. The molecule has 0 aliphatic rings. The molecule has 0 saturated carbocycles. The van der Waals surface area contributed by atoms with E-state index in [-0.39, 0.29) is 36.6 Å². The van der Waals surface area contributed by atoms with Gasteiger partial charge in [-0.2, -0.15) is 0 Å². The predicted octanol–water partition coefficient (Wildman–Crippen LogP) is 6.72. The van der Waals surface area contributed by atoms with E-state index < -0.39 is 0 Å². The highest BCUT2D eigenvalue weighted by Gasteiger charge is 2.17. The van der Waals surface area contributed by atoms with Crippen LogP contribution in [-0.4, -0.2) is 51.3 Å². The fraction of sp³-hybridized carbons (Fsp3) is 0.333. The number of carbonyl (C=O) groups is 2. The van der Waals surface area contributed by atoms with Crippen LogP contribution in [0.4, 0.5) is 9.59 Å². The molecule has 0 spiro atoms. The van der Waals surface area contributed by atoms with Gasteiger partial charge in [0, 0.05) is 13.1 Å². The normalized spacial score (nSPS) is 10.7. The van der Waals surface area contributed by atoms with Crippen molar-refractivity contribution in [1.29, 1.82) is 0 Å². The smallest absolute Gasteiger partial charge is 0.315 e. The van der Waals surface area contributed by atoms with Crippen LogP contribution in [0, 0.1) is 0 Å². The van der Waals surface area contributed by atoms with Crippen LogP contribution >= 0.6 is 12.4 Å². The molecule has 48 heavy (non-hydrogen) atoms. The third-order valence-electron chi connectivity index (χ3n) is 7.92. The lowest BCUT2D eigenvalue weighted by molar-refractivity contribution is 0.237. The fourth-order valence-electron chi connectivity index (χ4n) is 5.42. The summed E-state index contributed by atoms with van der Waals surface area (Å²) in [4.78, 5) is 25.2. The maximum atomic E-state index is 12.6. The van der Waals surface area contributed by atoms with Crippen LogP contribution in [0.1, 0.15) is 66.4 Å². The largest absolute Gasteiger partial charge is 0.338 e. The molecule has 4 aromatic carbocycles. The second kappa shape index (κ2) is 23.0. The Morgan fingerprint density at radius 1 is 0.396 bits per heavy atom. The Kier molecular flexibility index (Phi) is 18.3. The molecule has 0 heterocycles. The molecule has 6 N–H and O–H groups in total. The number of unbranched alkanes of at least 4 members (excludes halogenated alkanes) is 2. The maximum absolute atomic E-state index is 12.6. The topological polar surface area (TPSA) is 106 Å². The average molecular weight is 671 g/mol. The Balaban J connectivity index is 0.00000625. The van der Waals surface area contributed by atoms with Crippen LogP contribution in [-0.2, 0) is 0 Å². The Morgan fingerprint density at radius 3 is 1.00 bits per heavy atom. The zero-order valence-electron chi connectivity index (χ0n) is 27.7. The highest BCUT2D eigenvalue weighted by atomic mass is 35.5. The Labute approximate surface area is 292 Å². The van der Waals surface area contributed by atoms with E-state index in [9.17, 15) is 9.59 Å². The quantitative estimate of drug-likeness (QED) is 0.0588. The summed E-state index contributed by atoms with van der Waals surface area (Å²) < 4.78 is 0. The van der Waals surface area contributed by atoms with E-state index in [1.807, 2.05) is 121 Å². The minimum absolute atomic E-state index is 0. The van der Waals surface area contributed by atoms with Crippen LogP contribution in [0.2, 0.25) is 0 Å². The molecule has 0 radical (unpaired) electrons. The molecule has 0 saturated heterocycles. The molecule has 0 aromatic heterocycles. The number of urea groups is 2. The van der Waals surface area contributed by atoms with Gasteiger partial charge in [-0.1, -0.05) is 128 Å². The van der Waals surface area contributed by atoms with Crippen LogP contribution in [0.25, 0.3) is 0 Å². The molecular formula is C39H51ClN6O2. The van der Waals surface area contributed by atoms with Gasteiger partial charge in [-0.3, -0.25) is 0 Å². The Bertz CT molecular complexity index is 1230. The van der Waals surface area contributed by atoms with E-state index in [2.05, 4.69) is 31.9 Å². The van der Waals surface area contributed by atoms with Crippen molar-refractivity contribution in [1.82, 2.24) is 31.9 Å². The van der Waals surface area contributed by atoms with Crippen molar-refractivity contribution in [2.75, 3.05) is 39.3 Å². The summed E-state index contributed by atoms with van der Waals surface area (Å²) in [5, 5.41) is 19.2. The third-order valence-corrected chi connectivity index (χ3v) is 7.92. The lowest BCUT2D eigenvalue weighted by atomic mass is 9.99. The molecule has 4 aromatic rings. The first kappa shape index (κ1) is 38.1. The van der Waals surface area contributed by atoms with E-state index in [0.29, 0.717) is 13.1 Å². The van der Waals surface area contributed by atoms with Gasteiger partial charge in [0.2, 0.25) is 0 Å². The molecule has 4 rings (SSSR count). The van der Waals surface area contributed by atoms with Crippen molar-refractivity contribution in [3.63, 3.8) is 0 Å². The summed E-state index contributed by atoms with van der Waals surface area (Å²) in [5.74, 6) is 0. The van der Waals surface area contributed by atoms with Gasteiger partial charge in [0.05, 0.1) is 12.1 Å². The van der Waals surface area contributed by atoms with Gasteiger partial charge in [0.1, 0.15) is 0 Å². The second-order valence-corrected chi connectivity index (χ2v) is 11.6. The standard InChI is InChI=1S/C39H50N6O2.ClH/c46-38(44-36(32-18-6-1-7-19-32)33-20-8-2-9-21-33)42-30-16-28-40-26-14-5-15-27-41-29-17-31-43-39(47)45-37(34-22-10-3-11-23-34)35-24-12-4-13-25-35;/h1-4,6-13,18-25,36-37,40-41H,5,14-17,26-31H2,(H2,42,44,46)(H2,43,45,47);1H. The third kappa shape index (κ3) is 14.2. The number of amides is 4. The highest BCUT2D eigenvalue weighted by molar-refractivity contribution is 5.85. The number of rotatable bonds is 20. The highest BCUT2D eigenvalue weighted by Crippen LogP contribution is 2.22. The molecule has 8 nitrogen and oxygen atoms in total. The summed E-state index contributed by atoms with van der Waals surface area (Å²) in [6.07, 6.45) is 5.15. The minimum atomic E-state index is -0.188. The molecule has 0 aliphatic heterocycles. The first-order valence-corrected chi connectivity index (χ1v) is 16.9. The van der Waals surface area contributed by atoms with Crippen molar-refractivity contribution in [2.24, 2.45) is 0 Å². The van der Waals surface area contributed by atoms with E-state index in [4.69, 9.17) is 0 Å². The van der Waals surface area contributed by atoms with Gasteiger partial charge in [0.25, 0.3) is 0 Å². The summed E-state index contributed by atoms with van der Waals surface area (Å²) in [6.45, 7) is 4.94. The van der Waals surface area contributed by atoms with Gasteiger partial charge < -0.3 is 31.9 Å². The van der Waals surface area contributed by atoms with E-state index in [0.717, 1.165) is 80.5 Å². The SMILES string of the molecule is Cl.O=C(NCCCNCCCCCNCCCNC(=O)NC(c1ccccc1)c1ccccc1)NC(c1ccccc1)c1ccccc1. The Morgan fingerprint density at radius 2 is 0.688 bits per heavy atom. The lowest BCUT2D eigenvalue weighted by Gasteiger charge is -2.20. The molecule has 0 atom stereocenters. The van der Waals surface area contributed by atoms with Gasteiger partial charge in [-0.05, 0) is 74.1 Å². The molecule has 0 aliphatic carbocycles. The van der Waals surface area contributed by atoms with Crippen LogP contribution in [0.15, 0.2) is 121 Å². The van der Waals surface area contributed by atoms with Crippen molar-refractivity contribution in [2.45, 2.75) is 44.2 Å². The first-order valence-electron chi connectivity index (χ1n) is 16.9. The molecule has 4 amide bonds.